The van der Waals surface area contributed by atoms with E-state index < -0.39 is 0 Å². The summed E-state index contributed by atoms with van der Waals surface area (Å²) in [6.07, 6.45) is 3.36. The van der Waals surface area contributed by atoms with Gasteiger partial charge in [-0.05, 0) is 18.6 Å². The minimum atomic E-state index is -0.355. The SMILES string of the molecule is CCCCc1nc(Cl)c(C2CC(c3cc(OC)c(OC)c(OC)c3)=NN2C(C)=O)[nH]1. The van der Waals surface area contributed by atoms with Gasteiger partial charge in [-0.2, -0.15) is 5.10 Å². The topological polar surface area (TPSA) is 89.0 Å². The lowest BCUT2D eigenvalue weighted by atomic mass is 10.0. The van der Waals surface area contributed by atoms with Crippen LogP contribution in [0.1, 0.15) is 56.2 Å². The van der Waals surface area contributed by atoms with Gasteiger partial charge >= 0.3 is 0 Å². The molecule has 0 radical (unpaired) electrons. The highest BCUT2D eigenvalue weighted by Gasteiger charge is 2.35. The molecule has 30 heavy (non-hydrogen) atoms. The number of hydrogen-bond acceptors (Lipinski definition) is 6. The molecular formula is C21H27ClN4O4. The lowest BCUT2D eigenvalue weighted by molar-refractivity contribution is -0.130. The highest BCUT2D eigenvalue weighted by atomic mass is 35.5. The number of aromatic nitrogens is 2. The fourth-order valence-corrected chi connectivity index (χ4v) is 3.82. The summed E-state index contributed by atoms with van der Waals surface area (Å²) in [5.74, 6) is 2.19. The molecule has 2 aromatic rings. The number of nitrogens with one attached hydrogen (secondary N) is 1. The van der Waals surface area contributed by atoms with E-state index in [9.17, 15) is 4.79 Å². The first kappa shape index (κ1) is 22.0. The lowest BCUT2D eigenvalue weighted by Crippen LogP contribution is -2.24. The second-order valence-electron chi connectivity index (χ2n) is 7.04. The molecule has 1 aliphatic heterocycles. The third-order valence-electron chi connectivity index (χ3n) is 5.07. The summed E-state index contributed by atoms with van der Waals surface area (Å²) in [4.78, 5) is 20.0. The van der Waals surface area contributed by atoms with E-state index in [2.05, 4.69) is 22.0 Å². The van der Waals surface area contributed by atoms with Gasteiger partial charge in [0, 0.05) is 25.3 Å². The quantitative estimate of drug-likeness (QED) is 0.674. The van der Waals surface area contributed by atoms with E-state index in [0.717, 1.165) is 36.4 Å². The van der Waals surface area contributed by atoms with Gasteiger partial charge in [0.2, 0.25) is 11.7 Å². The number of imidazole rings is 1. The van der Waals surface area contributed by atoms with E-state index in [1.807, 2.05) is 12.1 Å². The Bertz CT molecular complexity index is 931. The van der Waals surface area contributed by atoms with Crippen LogP contribution in [0.15, 0.2) is 17.2 Å². The fraction of sp³-hybridized carbons (Fsp3) is 0.476. The van der Waals surface area contributed by atoms with Gasteiger partial charge in [0.05, 0.1) is 32.7 Å². The van der Waals surface area contributed by atoms with Crippen LogP contribution < -0.4 is 14.2 Å². The predicted molar refractivity (Wildman–Crippen MR) is 115 cm³/mol. The van der Waals surface area contributed by atoms with Crippen LogP contribution in [0.3, 0.4) is 0 Å². The zero-order valence-electron chi connectivity index (χ0n) is 17.9. The first-order valence-corrected chi connectivity index (χ1v) is 10.2. The second-order valence-corrected chi connectivity index (χ2v) is 7.39. The minimum absolute atomic E-state index is 0.178. The number of hydrogen-bond donors (Lipinski definition) is 1. The average molecular weight is 435 g/mol. The van der Waals surface area contributed by atoms with Gasteiger partial charge in [-0.3, -0.25) is 4.79 Å². The Morgan fingerprint density at radius 2 is 1.90 bits per heavy atom. The largest absolute Gasteiger partial charge is 0.493 e. The molecular weight excluding hydrogens is 408 g/mol. The number of methoxy groups -OCH3 is 3. The molecule has 0 spiro atoms. The van der Waals surface area contributed by atoms with Gasteiger partial charge in [0.1, 0.15) is 11.9 Å². The van der Waals surface area contributed by atoms with Gasteiger partial charge < -0.3 is 19.2 Å². The van der Waals surface area contributed by atoms with Crippen LogP contribution in [-0.4, -0.2) is 47.9 Å². The first-order valence-electron chi connectivity index (χ1n) is 9.85. The molecule has 162 valence electrons. The van der Waals surface area contributed by atoms with Gasteiger partial charge in [0.15, 0.2) is 16.7 Å². The Hall–Kier alpha value is -2.74. The van der Waals surface area contributed by atoms with Crippen molar-refractivity contribution in [2.45, 2.75) is 45.6 Å². The molecule has 9 heteroatoms. The maximum Gasteiger partial charge on any atom is 0.240 e. The summed E-state index contributed by atoms with van der Waals surface area (Å²) >= 11 is 6.41. The first-order chi connectivity index (χ1) is 14.4. The summed E-state index contributed by atoms with van der Waals surface area (Å²) in [5.41, 5.74) is 2.19. The summed E-state index contributed by atoms with van der Waals surface area (Å²) in [6.45, 7) is 3.61. The molecule has 1 N–H and O–H groups in total. The van der Waals surface area contributed by atoms with Crippen molar-refractivity contribution >= 4 is 23.2 Å². The third kappa shape index (κ3) is 4.23. The number of ether oxygens (including phenoxy) is 3. The molecule has 8 nitrogen and oxygen atoms in total. The molecule has 0 saturated carbocycles. The molecule has 0 saturated heterocycles. The Kier molecular flexibility index (Phi) is 6.87. The normalized spacial score (nSPS) is 15.9. The van der Waals surface area contributed by atoms with Crippen LogP contribution in [0.2, 0.25) is 5.15 Å². The number of carbonyl (C=O) groups is 1. The van der Waals surface area contributed by atoms with Gasteiger partial charge in [-0.1, -0.05) is 24.9 Å². The number of carbonyl (C=O) groups excluding carboxylic acids is 1. The van der Waals surface area contributed by atoms with Crippen LogP contribution in [0, 0.1) is 0 Å². The molecule has 3 rings (SSSR count). The maximum absolute atomic E-state index is 12.3. The number of hydrazone groups is 1. The highest BCUT2D eigenvalue weighted by Crippen LogP contribution is 2.41. The average Bonchev–Trinajstić information content (AvgIpc) is 3.34. The van der Waals surface area contributed by atoms with Crippen LogP contribution >= 0.6 is 11.6 Å². The molecule has 1 unspecified atom stereocenters. The van der Waals surface area contributed by atoms with Gasteiger partial charge in [-0.25, -0.2) is 9.99 Å². The van der Waals surface area contributed by atoms with Crippen LogP contribution in [0.25, 0.3) is 0 Å². The van der Waals surface area contributed by atoms with Crippen molar-refractivity contribution in [3.8, 4) is 17.2 Å². The molecule has 1 atom stereocenters. The Morgan fingerprint density at radius 1 is 1.23 bits per heavy atom. The molecule has 0 fully saturated rings. The van der Waals surface area contributed by atoms with Crippen LogP contribution in [-0.2, 0) is 11.2 Å². The monoisotopic (exact) mass is 434 g/mol. The number of benzene rings is 1. The van der Waals surface area contributed by atoms with Crippen molar-refractivity contribution in [2.24, 2.45) is 5.10 Å². The van der Waals surface area contributed by atoms with Crippen molar-refractivity contribution in [1.82, 2.24) is 15.0 Å². The highest BCUT2D eigenvalue weighted by molar-refractivity contribution is 6.30. The standard InChI is InChI=1S/C21H27ClN4O4/c1-6-7-8-18-23-19(21(22)24-18)15-11-14(25-26(15)12(2)27)13-9-16(28-3)20(30-5)17(10-13)29-4/h9-10,15H,6-8,11H2,1-5H3,(H,23,24). The number of rotatable bonds is 8. The van der Waals surface area contributed by atoms with Crippen molar-refractivity contribution < 1.29 is 19.0 Å². The molecule has 1 aromatic heterocycles. The lowest BCUT2D eigenvalue weighted by Gasteiger charge is -2.19. The third-order valence-corrected chi connectivity index (χ3v) is 5.35. The van der Waals surface area contributed by atoms with Crippen molar-refractivity contribution in [1.29, 1.82) is 0 Å². The summed E-state index contributed by atoms with van der Waals surface area (Å²) in [7, 11) is 4.67. The molecule has 0 bridgehead atoms. The number of aromatic amines is 1. The minimum Gasteiger partial charge on any atom is -0.493 e. The number of H-pyrrole nitrogens is 1. The molecule has 1 aromatic carbocycles. The van der Waals surface area contributed by atoms with E-state index >= 15 is 0 Å². The number of unbranched alkanes of at least 4 members (excludes halogenated alkanes) is 1. The number of aryl methyl sites for hydroxylation is 1. The van der Waals surface area contributed by atoms with Gasteiger partial charge in [0.25, 0.3) is 0 Å². The molecule has 0 aliphatic carbocycles. The van der Waals surface area contributed by atoms with Crippen LogP contribution in [0.4, 0.5) is 0 Å². The maximum atomic E-state index is 12.3. The predicted octanol–water partition coefficient (Wildman–Crippen LogP) is 4.13. The number of amides is 1. The zero-order chi connectivity index (χ0) is 21.8. The second kappa shape index (κ2) is 9.38. The summed E-state index contributed by atoms with van der Waals surface area (Å²) in [5, 5.41) is 6.40. The number of nitrogens with zero attached hydrogens (tertiary/aromatic N) is 3. The summed E-state index contributed by atoms with van der Waals surface area (Å²) in [6, 6.07) is 3.29. The Labute approximate surface area is 181 Å². The van der Waals surface area contributed by atoms with E-state index in [1.165, 1.54) is 11.9 Å². The van der Waals surface area contributed by atoms with Gasteiger partial charge in [-0.15, -0.1) is 0 Å². The van der Waals surface area contributed by atoms with E-state index in [4.69, 9.17) is 25.8 Å². The van der Waals surface area contributed by atoms with E-state index in [1.54, 1.807) is 21.3 Å². The van der Waals surface area contributed by atoms with Crippen LogP contribution in [0.5, 0.6) is 17.2 Å². The van der Waals surface area contributed by atoms with Crippen molar-refractivity contribution in [3.63, 3.8) is 0 Å². The Morgan fingerprint density at radius 3 is 2.43 bits per heavy atom. The van der Waals surface area contributed by atoms with E-state index in [-0.39, 0.29) is 11.9 Å². The molecule has 2 heterocycles. The number of halogens is 1. The fourth-order valence-electron chi connectivity index (χ4n) is 3.54. The molecule has 1 aliphatic rings. The zero-order valence-corrected chi connectivity index (χ0v) is 18.7. The molecule has 1 amide bonds. The van der Waals surface area contributed by atoms with E-state index in [0.29, 0.717) is 34.5 Å². The van der Waals surface area contributed by atoms with Crippen molar-refractivity contribution in [3.05, 3.63) is 34.4 Å². The van der Waals surface area contributed by atoms with Crippen molar-refractivity contribution in [2.75, 3.05) is 21.3 Å². The smallest absolute Gasteiger partial charge is 0.240 e. The Balaban J connectivity index is 1.97. The summed E-state index contributed by atoms with van der Waals surface area (Å²) < 4.78 is 16.3.